The standard InChI is InChI=1S/Mo.Ni.O.S. The van der Waals surface area contributed by atoms with Gasteiger partial charge in [-0.1, -0.05) is 0 Å². The Hall–Kier alpha value is 1.20. The van der Waals surface area contributed by atoms with Gasteiger partial charge in [-0.15, -0.1) is 0 Å². The Kier molecular flexibility index (Phi) is 66.8. The van der Waals surface area contributed by atoms with Gasteiger partial charge < -0.3 is 0 Å². The Labute approximate surface area is 47.6 Å². The Balaban J connectivity index is 0. The molecule has 0 aromatic rings. The van der Waals surface area contributed by atoms with Gasteiger partial charge in [-0.3, -0.25) is 0 Å². The molecule has 0 fully saturated rings. The van der Waals surface area contributed by atoms with Crippen molar-refractivity contribution in [1.29, 1.82) is 0 Å². The third kappa shape index (κ3) is 10.7. The molecule has 0 aromatic carbocycles. The van der Waals surface area contributed by atoms with Crippen LogP contribution in [0.25, 0.3) is 0 Å². The van der Waals surface area contributed by atoms with Crippen LogP contribution in [0.5, 0.6) is 0 Å². The number of hydrogen-bond acceptors (Lipinski definition) is 2. The maximum absolute atomic E-state index is 8.26. The molecule has 0 spiro atoms. The Morgan fingerprint density at radius 1 is 1.50 bits per heavy atom. The van der Waals surface area contributed by atoms with Crippen molar-refractivity contribution in [1.82, 2.24) is 0 Å². The third-order valence-corrected chi connectivity index (χ3v) is 0. The van der Waals surface area contributed by atoms with Crippen molar-refractivity contribution in [2.75, 3.05) is 0 Å². The first-order chi connectivity index (χ1) is 2.00. The second-order valence-electron chi connectivity index (χ2n) is 0. The van der Waals surface area contributed by atoms with Gasteiger partial charge in [0.25, 0.3) is 0 Å². The van der Waals surface area contributed by atoms with Crippen molar-refractivity contribution in [3.05, 3.63) is 0 Å². The zero-order valence-corrected chi connectivity index (χ0v) is 5.35. The quantitative estimate of drug-likeness (QED) is 0.533. The van der Waals surface area contributed by atoms with Gasteiger partial charge >= 0.3 is 47.7 Å². The average Bonchev–Trinajstić information content (AvgIpc) is 1.50. The molecule has 0 N–H and O–H groups in total. The summed E-state index contributed by atoms with van der Waals surface area (Å²) in [5.74, 6) is 0. The van der Waals surface area contributed by atoms with Gasteiger partial charge in [-0.2, -0.15) is 0 Å². The average molecular weight is 203 g/mol. The maximum atomic E-state index is 8.26. The zero-order valence-electron chi connectivity index (χ0n) is 1.54. The van der Waals surface area contributed by atoms with Crippen molar-refractivity contribution in [2.45, 2.75) is 0 Å². The molecule has 0 atom stereocenters. The molecule has 0 unspecified atom stereocenters. The van der Waals surface area contributed by atoms with Gasteiger partial charge in [0, 0.05) is 0 Å². The van der Waals surface area contributed by atoms with Gasteiger partial charge in [-0.25, -0.2) is 0 Å². The predicted octanol–water partition coefficient (Wildman–Crippen LogP) is 0.524. The number of hydrogen-bond donors (Lipinski definition) is 0. The van der Waals surface area contributed by atoms with E-state index in [2.05, 4.69) is 24.5 Å². The molecule has 4 heavy (non-hydrogen) atoms. The van der Waals surface area contributed by atoms with Crippen LogP contribution >= 0.6 is 10.7 Å². The Morgan fingerprint density at radius 3 is 1.50 bits per heavy atom. The third-order valence-electron chi connectivity index (χ3n) is 0. The second kappa shape index (κ2) is 29.8. The molecule has 1 nitrogen and oxygen atoms in total. The van der Waals surface area contributed by atoms with E-state index in [0.29, 0.717) is 19.8 Å². The molecule has 0 aliphatic rings. The monoisotopic (exact) mass is 204 g/mol. The van der Waals surface area contributed by atoms with E-state index in [4.69, 9.17) is 3.40 Å². The molecule has 0 amide bonds. The summed E-state index contributed by atoms with van der Waals surface area (Å²) in [6.45, 7) is 0. The SMILES string of the molecule is [O]=[Mo].[S]=[Ni]. The molecule has 0 saturated carbocycles. The van der Waals surface area contributed by atoms with Gasteiger partial charge in [0.15, 0.2) is 0 Å². The molecule has 0 aromatic heterocycles. The van der Waals surface area contributed by atoms with Gasteiger partial charge in [-0.05, 0) is 0 Å². The van der Waals surface area contributed by atoms with E-state index in [1.54, 1.807) is 0 Å². The minimum absolute atomic E-state index is 0.700. The predicted molar refractivity (Wildman–Crippen MR) is 8.28 cm³/mol. The van der Waals surface area contributed by atoms with Crippen molar-refractivity contribution in [3.63, 3.8) is 0 Å². The summed E-state index contributed by atoms with van der Waals surface area (Å²) in [7, 11) is 3.71. The summed E-state index contributed by atoms with van der Waals surface area (Å²) in [6.07, 6.45) is 0. The van der Waals surface area contributed by atoms with Crippen LogP contribution in [-0.2, 0) is 37.0 Å². The zero-order chi connectivity index (χ0) is 4.00. The topological polar surface area (TPSA) is 17.1 Å². The first kappa shape index (κ1) is 8.96. The van der Waals surface area contributed by atoms with Crippen LogP contribution in [0.15, 0.2) is 0 Å². The van der Waals surface area contributed by atoms with Crippen LogP contribution in [-0.4, -0.2) is 0 Å². The Morgan fingerprint density at radius 2 is 1.50 bits per heavy atom. The summed E-state index contributed by atoms with van der Waals surface area (Å²) in [5.41, 5.74) is 0. The minimum atomic E-state index is 0.700. The molecule has 0 radical (unpaired) electrons. The fourth-order valence-corrected chi connectivity index (χ4v) is 0. The van der Waals surface area contributed by atoms with Crippen LogP contribution in [0.3, 0.4) is 0 Å². The molecule has 0 rings (SSSR count). The van der Waals surface area contributed by atoms with Gasteiger partial charge in [0.05, 0.1) is 0 Å². The van der Waals surface area contributed by atoms with Gasteiger partial charge in [0.2, 0.25) is 0 Å². The second-order valence-corrected chi connectivity index (χ2v) is 0. The van der Waals surface area contributed by atoms with Crippen molar-refractivity contribution in [3.8, 4) is 0 Å². The summed E-state index contributed by atoms with van der Waals surface area (Å²) < 4.78 is 8.26. The summed E-state index contributed by atoms with van der Waals surface area (Å²) in [6, 6.07) is 0. The molecular weight excluding hydrogens is 203 g/mol. The molecule has 0 saturated heterocycles. The summed E-state index contributed by atoms with van der Waals surface area (Å²) in [4.78, 5) is 0. The van der Waals surface area contributed by atoms with E-state index in [0.717, 1.165) is 0 Å². The molecule has 28 valence electrons. The first-order valence-corrected chi connectivity index (χ1v) is 2.58. The normalized spacial score (nSPS) is 2.50. The fraction of sp³-hybridized carbons (Fsp3) is 0. The molecular formula is MoNiOS. The first-order valence-electron chi connectivity index (χ1n) is 0.296. The van der Waals surface area contributed by atoms with E-state index in [1.165, 1.54) is 0 Å². The molecule has 4 heteroatoms. The molecule has 0 heterocycles. The number of rotatable bonds is 0. The van der Waals surface area contributed by atoms with Gasteiger partial charge in [0.1, 0.15) is 0 Å². The van der Waals surface area contributed by atoms with Crippen molar-refractivity contribution >= 4 is 10.7 Å². The summed E-state index contributed by atoms with van der Waals surface area (Å²) in [5, 5.41) is 0. The van der Waals surface area contributed by atoms with E-state index >= 15 is 0 Å². The van der Waals surface area contributed by atoms with Crippen LogP contribution < -0.4 is 0 Å². The van der Waals surface area contributed by atoms with E-state index in [9.17, 15) is 0 Å². The summed E-state index contributed by atoms with van der Waals surface area (Å²) >= 11 is 4.16. The molecule has 0 aliphatic carbocycles. The van der Waals surface area contributed by atoms with Crippen molar-refractivity contribution < 1.29 is 37.0 Å². The van der Waals surface area contributed by atoms with Crippen LogP contribution in [0.4, 0.5) is 0 Å². The van der Waals surface area contributed by atoms with Crippen molar-refractivity contribution in [2.24, 2.45) is 0 Å². The van der Waals surface area contributed by atoms with E-state index < -0.39 is 0 Å². The van der Waals surface area contributed by atoms with Crippen LogP contribution in [0, 0.1) is 0 Å². The fourth-order valence-electron chi connectivity index (χ4n) is 0. The van der Waals surface area contributed by atoms with E-state index in [-0.39, 0.29) is 0 Å². The van der Waals surface area contributed by atoms with E-state index in [1.807, 2.05) is 0 Å². The molecule has 0 bridgehead atoms. The van der Waals surface area contributed by atoms with Crippen LogP contribution in [0.2, 0.25) is 0 Å². The Bertz CT molecular complexity index is 10.0. The molecule has 0 aliphatic heterocycles. The van der Waals surface area contributed by atoms with Crippen LogP contribution in [0.1, 0.15) is 0 Å².